The fourth-order valence-electron chi connectivity index (χ4n) is 1.45. The van der Waals surface area contributed by atoms with Crippen LogP contribution in [0.25, 0.3) is 0 Å². The van der Waals surface area contributed by atoms with Crippen LogP contribution < -0.4 is 16.0 Å². The highest BCUT2D eigenvalue weighted by molar-refractivity contribution is 5.10. The predicted octanol–water partition coefficient (Wildman–Crippen LogP) is -0.622. The zero-order chi connectivity index (χ0) is 12.2. The Labute approximate surface area is 98.3 Å². The van der Waals surface area contributed by atoms with E-state index >= 15 is 0 Å². The molecule has 1 aliphatic heterocycles. The van der Waals surface area contributed by atoms with Crippen molar-refractivity contribution in [2.45, 2.75) is 24.9 Å². The Morgan fingerprint density at radius 3 is 2.38 bits per heavy atom. The van der Waals surface area contributed by atoms with Gasteiger partial charge in [0, 0.05) is 52.5 Å². The van der Waals surface area contributed by atoms with Crippen LogP contribution in [0.15, 0.2) is 0 Å². The molecule has 5 nitrogen and oxygen atoms in total. The largest absolute Gasteiger partial charge is 0.388 e. The molecule has 0 spiro atoms. The molecule has 5 heteroatoms. The van der Waals surface area contributed by atoms with Gasteiger partial charge in [-0.05, 0) is 12.8 Å². The van der Waals surface area contributed by atoms with Crippen molar-refractivity contribution in [2.24, 2.45) is 0 Å². The number of rotatable bonds is 3. The summed E-state index contributed by atoms with van der Waals surface area (Å²) in [5.74, 6) is 0. The summed E-state index contributed by atoms with van der Waals surface area (Å²) in [6.07, 6.45) is 2.78. The molecule has 2 rings (SSSR count). The first-order valence-electron chi connectivity index (χ1n) is 5.73. The summed E-state index contributed by atoms with van der Waals surface area (Å²) in [6.45, 7) is 6.51. The van der Waals surface area contributed by atoms with Gasteiger partial charge in [0.2, 0.25) is 0 Å². The van der Waals surface area contributed by atoms with Crippen molar-refractivity contribution in [3.63, 3.8) is 0 Å². The summed E-state index contributed by atoms with van der Waals surface area (Å²) < 4.78 is 4.25. The average Bonchev–Trinajstić information content (AvgIpc) is 3.15. The van der Waals surface area contributed by atoms with Gasteiger partial charge in [0.15, 0.2) is 0 Å². The van der Waals surface area contributed by atoms with E-state index in [-0.39, 0.29) is 0 Å². The normalized spacial score (nSPS) is 23.5. The maximum atomic E-state index is 8.00. The molecule has 0 aromatic rings. The van der Waals surface area contributed by atoms with Crippen LogP contribution in [-0.2, 0) is 9.53 Å². The molecule has 0 amide bonds. The Bertz CT molecular complexity index is 148. The van der Waals surface area contributed by atoms with Crippen LogP contribution in [0, 0.1) is 0 Å². The number of methoxy groups -OCH3 is 1. The molecule has 96 valence electrons. The quantitative estimate of drug-likeness (QED) is 0.604. The minimum absolute atomic E-state index is 0.657. The van der Waals surface area contributed by atoms with E-state index in [4.69, 9.17) is 4.79 Å². The summed E-state index contributed by atoms with van der Waals surface area (Å²) in [5.41, 5.74) is 0. The molecule has 1 heterocycles. The first-order valence-corrected chi connectivity index (χ1v) is 5.73. The van der Waals surface area contributed by atoms with Gasteiger partial charge >= 0.3 is 0 Å². The first kappa shape index (κ1) is 15.5. The average molecular weight is 231 g/mol. The van der Waals surface area contributed by atoms with E-state index in [0.29, 0.717) is 6.04 Å². The van der Waals surface area contributed by atoms with Crippen LogP contribution in [-0.4, -0.2) is 59.3 Å². The van der Waals surface area contributed by atoms with Gasteiger partial charge in [-0.2, -0.15) is 0 Å². The van der Waals surface area contributed by atoms with Gasteiger partial charge in [0.1, 0.15) is 6.79 Å². The molecule has 2 fully saturated rings. The molecule has 0 unspecified atom stereocenters. The number of piperazine rings is 1. The molecule has 0 radical (unpaired) electrons. The standard InChI is InChI=1S/C8H17N3.C2H6O.CH2O/c1-2-7(1)11-6-8-5-9-3-4-10-8;1-3-2;1-2/h7-11H,1-6H2;1-2H3;1H2/t8-;;/m1../s1. The minimum Gasteiger partial charge on any atom is -0.388 e. The second-order valence-electron chi connectivity index (χ2n) is 3.95. The van der Waals surface area contributed by atoms with Gasteiger partial charge < -0.3 is 25.5 Å². The van der Waals surface area contributed by atoms with E-state index in [1.165, 1.54) is 12.8 Å². The number of carbonyl (C=O) groups excluding carboxylic acids is 1. The van der Waals surface area contributed by atoms with Gasteiger partial charge in [-0.15, -0.1) is 0 Å². The second kappa shape index (κ2) is 11.0. The maximum Gasteiger partial charge on any atom is 0.106 e. The van der Waals surface area contributed by atoms with Crippen LogP contribution in [0.5, 0.6) is 0 Å². The van der Waals surface area contributed by atoms with Gasteiger partial charge in [-0.3, -0.25) is 0 Å². The van der Waals surface area contributed by atoms with Crippen molar-refractivity contribution >= 4 is 6.79 Å². The van der Waals surface area contributed by atoms with E-state index in [1.54, 1.807) is 14.2 Å². The highest BCUT2D eigenvalue weighted by Crippen LogP contribution is 2.18. The third-order valence-corrected chi connectivity index (χ3v) is 2.36. The molecular formula is C11H25N3O2. The van der Waals surface area contributed by atoms with Crippen LogP contribution in [0.3, 0.4) is 0 Å². The van der Waals surface area contributed by atoms with Crippen LogP contribution in [0.4, 0.5) is 0 Å². The minimum atomic E-state index is 0.657. The van der Waals surface area contributed by atoms with E-state index in [1.807, 2.05) is 6.79 Å². The van der Waals surface area contributed by atoms with Crippen molar-refractivity contribution < 1.29 is 9.53 Å². The van der Waals surface area contributed by atoms with Crippen molar-refractivity contribution in [3.05, 3.63) is 0 Å². The van der Waals surface area contributed by atoms with E-state index in [2.05, 4.69) is 20.7 Å². The molecule has 16 heavy (non-hydrogen) atoms. The van der Waals surface area contributed by atoms with E-state index in [9.17, 15) is 0 Å². The van der Waals surface area contributed by atoms with Crippen molar-refractivity contribution in [1.29, 1.82) is 0 Å². The fraction of sp³-hybridized carbons (Fsp3) is 0.909. The molecule has 0 bridgehead atoms. The summed E-state index contributed by atoms with van der Waals surface area (Å²) in [4.78, 5) is 8.00. The zero-order valence-electron chi connectivity index (χ0n) is 10.4. The topological polar surface area (TPSA) is 62.4 Å². The Morgan fingerprint density at radius 1 is 1.31 bits per heavy atom. The molecule has 1 aliphatic carbocycles. The lowest BCUT2D eigenvalue weighted by molar-refractivity contribution is -0.0979. The van der Waals surface area contributed by atoms with Gasteiger partial charge in [0.25, 0.3) is 0 Å². The molecule has 3 N–H and O–H groups in total. The number of hydrogen-bond acceptors (Lipinski definition) is 5. The number of hydrogen-bond donors (Lipinski definition) is 3. The molecular weight excluding hydrogens is 206 g/mol. The Balaban J connectivity index is 0.000000394. The monoisotopic (exact) mass is 231 g/mol. The summed E-state index contributed by atoms with van der Waals surface area (Å²) in [6, 6.07) is 1.50. The summed E-state index contributed by atoms with van der Waals surface area (Å²) >= 11 is 0. The molecule has 1 saturated carbocycles. The molecule has 2 aliphatic rings. The lowest BCUT2D eigenvalue weighted by Crippen LogP contribution is -2.52. The molecule has 1 atom stereocenters. The van der Waals surface area contributed by atoms with Crippen molar-refractivity contribution in [2.75, 3.05) is 40.4 Å². The lowest BCUT2D eigenvalue weighted by Gasteiger charge is -2.24. The SMILES string of the molecule is C1CN[C@@H](CNC2CC2)CN1.C=O.COC. The van der Waals surface area contributed by atoms with E-state index in [0.717, 1.165) is 32.2 Å². The fourth-order valence-corrected chi connectivity index (χ4v) is 1.45. The molecule has 1 saturated heterocycles. The number of nitrogens with one attached hydrogen (secondary N) is 3. The first-order chi connectivity index (χ1) is 7.86. The zero-order valence-corrected chi connectivity index (χ0v) is 10.4. The third kappa shape index (κ3) is 8.79. The van der Waals surface area contributed by atoms with Gasteiger partial charge in [-0.25, -0.2) is 0 Å². The smallest absolute Gasteiger partial charge is 0.106 e. The molecule has 0 aromatic carbocycles. The number of carbonyl (C=O) groups is 1. The summed E-state index contributed by atoms with van der Waals surface area (Å²) in [5, 5.41) is 10.4. The predicted molar refractivity (Wildman–Crippen MR) is 65.7 cm³/mol. The highest BCUT2D eigenvalue weighted by atomic mass is 16.4. The van der Waals surface area contributed by atoms with Crippen LogP contribution >= 0.6 is 0 Å². The maximum absolute atomic E-state index is 8.00. The Kier molecular flexibility index (Phi) is 10.7. The summed E-state index contributed by atoms with van der Waals surface area (Å²) in [7, 11) is 3.25. The van der Waals surface area contributed by atoms with Crippen molar-refractivity contribution in [3.8, 4) is 0 Å². The Morgan fingerprint density at radius 2 is 1.94 bits per heavy atom. The van der Waals surface area contributed by atoms with Gasteiger partial charge in [0.05, 0.1) is 0 Å². The number of ether oxygens (including phenoxy) is 1. The lowest BCUT2D eigenvalue weighted by atomic mass is 10.2. The molecule has 0 aromatic heterocycles. The van der Waals surface area contributed by atoms with Gasteiger partial charge in [-0.1, -0.05) is 0 Å². The van der Waals surface area contributed by atoms with Crippen LogP contribution in [0.1, 0.15) is 12.8 Å². The third-order valence-electron chi connectivity index (χ3n) is 2.36. The van der Waals surface area contributed by atoms with Crippen LogP contribution in [0.2, 0.25) is 0 Å². The highest BCUT2D eigenvalue weighted by Gasteiger charge is 2.22. The second-order valence-corrected chi connectivity index (χ2v) is 3.95. The van der Waals surface area contributed by atoms with E-state index < -0.39 is 0 Å². The Hall–Kier alpha value is -0.490. The van der Waals surface area contributed by atoms with Crippen molar-refractivity contribution in [1.82, 2.24) is 16.0 Å².